The van der Waals surface area contributed by atoms with Crippen LogP contribution in [0.2, 0.25) is 0 Å². The molecular formula is C19H20N4O2. The van der Waals surface area contributed by atoms with Gasteiger partial charge in [-0.25, -0.2) is 9.78 Å². The molecule has 0 amide bonds. The van der Waals surface area contributed by atoms with E-state index in [2.05, 4.69) is 39.0 Å². The molecule has 0 bridgehead atoms. The fraction of sp³-hybridized carbons (Fsp3) is 0.263. The van der Waals surface area contributed by atoms with Gasteiger partial charge in [0.1, 0.15) is 5.65 Å². The van der Waals surface area contributed by atoms with Crippen LogP contribution in [-0.2, 0) is 6.54 Å². The molecule has 25 heavy (non-hydrogen) atoms. The van der Waals surface area contributed by atoms with Crippen molar-refractivity contribution in [3.8, 4) is 0 Å². The van der Waals surface area contributed by atoms with Gasteiger partial charge >= 0.3 is 5.97 Å². The number of nitrogens with zero attached hydrogens (tertiary/aromatic N) is 4. The number of imidazole rings is 1. The van der Waals surface area contributed by atoms with E-state index in [1.807, 2.05) is 34.9 Å². The van der Waals surface area contributed by atoms with Crippen molar-refractivity contribution in [3.63, 3.8) is 0 Å². The van der Waals surface area contributed by atoms with Crippen molar-refractivity contribution in [3.05, 3.63) is 66.1 Å². The smallest absolute Gasteiger partial charge is 0.356 e. The first-order valence-corrected chi connectivity index (χ1v) is 8.44. The standard InChI is InChI=1S/C19H20N4O2/c24-19(25)18-16(23-9-5-4-8-17(23)20-18)14-21-10-12-22(13-11-21)15-6-2-1-3-7-15/h1-9H,10-14H2,(H,24,25). The Labute approximate surface area is 145 Å². The van der Waals surface area contributed by atoms with Crippen molar-refractivity contribution in [2.75, 3.05) is 31.1 Å². The number of carboxylic acids is 1. The molecule has 1 aliphatic heterocycles. The summed E-state index contributed by atoms with van der Waals surface area (Å²) >= 11 is 0. The third-order valence-corrected chi connectivity index (χ3v) is 4.70. The molecule has 128 valence electrons. The monoisotopic (exact) mass is 336 g/mol. The quantitative estimate of drug-likeness (QED) is 0.792. The SMILES string of the molecule is O=C(O)c1nc2ccccn2c1CN1CCN(c2ccccc2)CC1. The maximum atomic E-state index is 11.6. The number of rotatable bonds is 4. The second-order valence-corrected chi connectivity index (χ2v) is 6.24. The summed E-state index contributed by atoms with van der Waals surface area (Å²) in [6, 6.07) is 16.0. The first kappa shape index (κ1) is 15.7. The summed E-state index contributed by atoms with van der Waals surface area (Å²) in [6.45, 7) is 4.25. The van der Waals surface area contributed by atoms with Crippen LogP contribution in [0, 0.1) is 0 Å². The van der Waals surface area contributed by atoms with E-state index >= 15 is 0 Å². The highest BCUT2D eigenvalue weighted by molar-refractivity contribution is 5.88. The Morgan fingerprint density at radius 2 is 1.72 bits per heavy atom. The largest absolute Gasteiger partial charge is 0.476 e. The number of para-hydroxylation sites is 1. The summed E-state index contributed by atoms with van der Waals surface area (Å²) in [5.74, 6) is -0.971. The molecular weight excluding hydrogens is 316 g/mol. The number of carboxylic acid groups (broad SMARTS) is 1. The van der Waals surface area contributed by atoms with Gasteiger partial charge in [-0.15, -0.1) is 0 Å². The number of aromatic nitrogens is 2. The second kappa shape index (κ2) is 6.57. The Morgan fingerprint density at radius 1 is 1.00 bits per heavy atom. The Hall–Kier alpha value is -2.86. The zero-order valence-corrected chi connectivity index (χ0v) is 13.9. The molecule has 0 saturated carbocycles. The Kier molecular flexibility index (Phi) is 4.11. The zero-order chi connectivity index (χ0) is 17.2. The van der Waals surface area contributed by atoms with Crippen molar-refractivity contribution >= 4 is 17.3 Å². The second-order valence-electron chi connectivity index (χ2n) is 6.24. The molecule has 0 unspecified atom stereocenters. The first-order valence-electron chi connectivity index (χ1n) is 8.44. The number of hydrogen-bond donors (Lipinski definition) is 1. The summed E-state index contributed by atoms with van der Waals surface area (Å²) in [6.07, 6.45) is 1.88. The number of carbonyl (C=O) groups is 1. The fourth-order valence-electron chi connectivity index (χ4n) is 3.38. The predicted molar refractivity (Wildman–Crippen MR) is 96.1 cm³/mol. The minimum Gasteiger partial charge on any atom is -0.476 e. The van der Waals surface area contributed by atoms with Crippen LogP contribution in [0.4, 0.5) is 5.69 Å². The van der Waals surface area contributed by atoms with Crippen LogP contribution >= 0.6 is 0 Å². The topological polar surface area (TPSA) is 61.1 Å². The number of pyridine rings is 1. The summed E-state index contributed by atoms with van der Waals surface area (Å²) in [4.78, 5) is 20.5. The van der Waals surface area contributed by atoms with Crippen LogP contribution in [0.25, 0.3) is 5.65 Å². The molecule has 3 heterocycles. The average Bonchev–Trinajstić information content (AvgIpc) is 3.02. The maximum Gasteiger partial charge on any atom is 0.356 e. The molecule has 0 spiro atoms. The molecule has 1 fully saturated rings. The Bertz CT molecular complexity index is 883. The summed E-state index contributed by atoms with van der Waals surface area (Å²) < 4.78 is 1.88. The van der Waals surface area contributed by atoms with Gasteiger partial charge in [0.05, 0.1) is 5.69 Å². The van der Waals surface area contributed by atoms with Crippen LogP contribution in [0.1, 0.15) is 16.2 Å². The van der Waals surface area contributed by atoms with E-state index in [9.17, 15) is 9.90 Å². The lowest BCUT2D eigenvalue weighted by molar-refractivity contribution is 0.0688. The van der Waals surface area contributed by atoms with Crippen LogP contribution in [0.15, 0.2) is 54.7 Å². The van der Waals surface area contributed by atoms with E-state index in [-0.39, 0.29) is 5.69 Å². The molecule has 1 saturated heterocycles. The third-order valence-electron chi connectivity index (χ3n) is 4.70. The van der Waals surface area contributed by atoms with Crippen molar-refractivity contribution in [2.24, 2.45) is 0 Å². The van der Waals surface area contributed by atoms with E-state index < -0.39 is 5.97 Å². The number of anilines is 1. The van der Waals surface area contributed by atoms with Crippen LogP contribution < -0.4 is 4.90 Å². The van der Waals surface area contributed by atoms with E-state index in [0.29, 0.717) is 12.2 Å². The van der Waals surface area contributed by atoms with Gasteiger partial charge in [0, 0.05) is 44.6 Å². The fourth-order valence-corrected chi connectivity index (χ4v) is 3.38. The summed E-state index contributed by atoms with van der Waals surface area (Å²) in [5, 5.41) is 9.48. The van der Waals surface area contributed by atoms with E-state index in [0.717, 1.165) is 31.9 Å². The van der Waals surface area contributed by atoms with Crippen molar-refractivity contribution in [2.45, 2.75) is 6.54 Å². The van der Waals surface area contributed by atoms with Gasteiger partial charge < -0.3 is 14.4 Å². The van der Waals surface area contributed by atoms with Crippen LogP contribution in [0.3, 0.4) is 0 Å². The van der Waals surface area contributed by atoms with Gasteiger partial charge in [-0.05, 0) is 24.3 Å². The van der Waals surface area contributed by atoms with Gasteiger partial charge in [-0.3, -0.25) is 4.90 Å². The van der Waals surface area contributed by atoms with Gasteiger partial charge in [0.2, 0.25) is 0 Å². The molecule has 2 aromatic heterocycles. The van der Waals surface area contributed by atoms with Crippen LogP contribution in [0.5, 0.6) is 0 Å². The highest BCUT2D eigenvalue weighted by atomic mass is 16.4. The number of aromatic carboxylic acids is 1. The molecule has 0 aliphatic carbocycles. The van der Waals surface area contributed by atoms with Gasteiger partial charge in [0.15, 0.2) is 5.69 Å². The molecule has 6 heteroatoms. The van der Waals surface area contributed by atoms with Crippen LogP contribution in [-0.4, -0.2) is 51.5 Å². The third kappa shape index (κ3) is 3.08. The minimum absolute atomic E-state index is 0.150. The predicted octanol–water partition coefficient (Wildman–Crippen LogP) is 2.35. The number of benzene rings is 1. The van der Waals surface area contributed by atoms with Gasteiger partial charge in [-0.1, -0.05) is 24.3 Å². The van der Waals surface area contributed by atoms with Crippen molar-refractivity contribution < 1.29 is 9.90 Å². The average molecular weight is 336 g/mol. The number of hydrogen-bond acceptors (Lipinski definition) is 4. The number of fused-ring (bicyclic) bond motifs is 1. The van der Waals surface area contributed by atoms with E-state index in [4.69, 9.17) is 0 Å². The molecule has 1 aromatic carbocycles. The van der Waals surface area contributed by atoms with Crippen molar-refractivity contribution in [1.82, 2.24) is 14.3 Å². The summed E-state index contributed by atoms with van der Waals surface area (Å²) in [5.41, 5.74) is 2.81. The highest BCUT2D eigenvalue weighted by Crippen LogP contribution is 2.19. The normalized spacial score (nSPS) is 15.6. The number of piperazine rings is 1. The lowest BCUT2D eigenvalue weighted by Gasteiger charge is -2.36. The lowest BCUT2D eigenvalue weighted by Crippen LogP contribution is -2.46. The maximum absolute atomic E-state index is 11.6. The minimum atomic E-state index is -0.971. The van der Waals surface area contributed by atoms with Gasteiger partial charge in [0.25, 0.3) is 0 Å². The molecule has 3 aromatic rings. The molecule has 0 radical (unpaired) electrons. The molecule has 1 aliphatic rings. The molecule has 0 atom stereocenters. The summed E-state index contributed by atoms with van der Waals surface area (Å²) in [7, 11) is 0. The van der Waals surface area contributed by atoms with Crippen molar-refractivity contribution in [1.29, 1.82) is 0 Å². The Morgan fingerprint density at radius 3 is 2.44 bits per heavy atom. The van der Waals surface area contributed by atoms with Gasteiger partial charge in [-0.2, -0.15) is 0 Å². The van der Waals surface area contributed by atoms with E-state index in [1.54, 1.807) is 0 Å². The molecule has 4 rings (SSSR count). The molecule has 1 N–H and O–H groups in total. The first-order chi connectivity index (χ1) is 12.2. The highest BCUT2D eigenvalue weighted by Gasteiger charge is 2.23. The Balaban J connectivity index is 1.51. The lowest BCUT2D eigenvalue weighted by atomic mass is 10.2. The zero-order valence-electron chi connectivity index (χ0n) is 13.9. The molecule has 6 nitrogen and oxygen atoms in total. The van der Waals surface area contributed by atoms with E-state index in [1.165, 1.54) is 5.69 Å².